The Morgan fingerprint density at radius 3 is 2.30 bits per heavy atom. The molecule has 2 N–H and O–H groups in total. The van der Waals surface area contributed by atoms with Crippen molar-refractivity contribution >= 4 is 0 Å². The van der Waals surface area contributed by atoms with E-state index in [1.54, 1.807) is 6.07 Å². The molecule has 0 unspecified atom stereocenters. The van der Waals surface area contributed by atoms with Crippen LogP contribution in [0.5, 0.6) is 0 Å². The van der Waals surface area contributed by atoms with Gasteiger partial charge in [-0.1, -0.05) is 6.07 Å². The van der Waals surface area contributed by atoms with Crippen molar-refractivity contribution in [3.8, 4) is 0 Å². The zero-order valence-corrected chi connectivity index (χ0v) is 12.8. The van der Waals surface area contributed by atoms with Gasteiger partial charge in [-0.2, -0.15) is 0 Å². The predicted octanol–water partition coefficient (Wildman–Crippen LogP) is 2.20. The summed E-state index contributed by atoms with van der Waals surface area (Å²) in [5, 5.41) is 0. The maximum absolute atomic E-state index is 13.5. The van der Waals surface area contributed by atoms with Crippen molar-refractivity contribution in [2.24, 2.45) is 5.73 Å². The van der Waals surface area contributed by atoms with Gasteiger partial charge in [0.15, 0.2) is 0 Å². The first-order chi connectivity index (χ1) is 9.45. The molecule has 1 aliphatic rings. The molecule has 0 radical (unpaired) electrons. The Kier molecular flexibility index (Phi) is 4.78. The average molecular weight is 279 g/mol. The van der Waals surface area contributed by atoms with Gasteiger partial charge in [-0.25, -0.2) is 4.39 Å². The quantitative estimate of drug-likeness (QED) is 0.866. The summed E-state index contributed by atoms with van der Waals surface area (Å²) in [6.07, 6.45) is 3.81. The SMILES string of the molecule is CN(Cc1cc(F)cc(CN)c1)CC1(N(C)C)CCC1. The van der Waals surface area contributed by atoms with E-state index in [-0.39, 0.29) is 5.82 Å². The Labute approximate surface area is 121 Å². The van der Waals surface area contributed by atoms with Gasteiger partial charge in [0.25, 0.3) is 0 Å². The van der Waals surface area contributed by atoms with Crippen LogP contribution >= 0.6 is 0 Å². The summed E-state index contributed by atoms with van der Waals surface area (Å²) in [6.45, 7) is 2.17. The minimum Gasteiger partial charge on any atom is -0.326 e. The third-order valence-corrected chi connectivity index (χ3v) is 4.50. The van der Waals surface area contributed by atoms with Gasteiger partial charge in [-0.05, 0) is 63.7 Å². The van der Waals surface area contributed by atoms with Crippen LogP contribution in [-0.4, -0.2) is 43.0 Å². The van der Waals surface area contributed by atoms with Gasteiger partial charge >= 0.3 is 0 Å². The normalized spacial score (nSPS) is 17.6. The minimum absolute atomic E-state index is 0.192. The molecule has 1 fully saturated rings. The smallest absolute Gasteiger partial charge is 0.123 e. The highest BCUT2D eigenvalue weighted by molar-refractivity contribution is 5.24. The Bertz CT molecular complexity index is 455. The molecule has 0 bridgehead atoms. The van der Waals surface area contributed by atoms with Crippen LogP contribution in [0.25, 0.3) is 0 Å². The van der Waals surface area contributed by atoms with Gasteiger partial charge in [0.1, 0.15) is 5.82 Å². The van der Waals surface area contributed by atoms with Gasteiger partial charge in [0, 0.05) is 25.2 Å². The first kappa shape index (κ1) is 15.4. The van der Waals surface area contributed by atoms with E-state index in [1.807, 2.05) is 6.07 Å². The topological polar surface area (TPSA) is 32.5 Å². The van der Waals surface area contributed by atoms with Crippen molar-refractivity contribution in [3.63, 3.8) is 0 Å². The summed E-state index contributed by atoms with van der Waals surface area (Å²) >= 11 is 0. The molecule has 1 aliphatic carbocycles. The van der Waals surface area contributed by atoms with Gasteiger partial charge in [-0.15, -0.1) is 0 Å². The molecule has 0 saturated heterocycles. The highest BCUT2D eigenvalue weighted by Crippen LogP contribution is 2.36. The summed E-state index contributed by atoms with van der Waals surface area (Å²) in [6, 6.07) is 5.12. The largest absolute Gasteiger partial charge is 0.326 e. The fourth-order valence-corrected chi connectivity index (χ4v) is 3.13. The lowest BCUT2D eigenvalue weighted by Gasteiger charge is -2.49. The zero-order chi connectivity index (χ0) is 14.8. The Morgan fingerprint density at radius 2 is 1.80 bits per heavy atom. The van der Waals surface area contributed by atoms with Crippen molar-refractivity contribution in [1.82, 2.24) is 9.80 Å². The van der Waals surface area contributed by atoms with E-state index in [4.69, 9.17) is 5.73 Å². The molecule has 1 aromatic carbocycles. The van der Waals surface area contributed by atoms with Crippen LogP contribution in [0.4, 0.5) is 4.39 Å². The van der Waals surface area contributed by atoms with Gasteiger partial charge < -0.3 is 15.5 Å². The van der Waals surface area contributed by atoms with Crippen LogP contribution < -0.4 is 5.73 Å². The Hall–Kier alpha value is -0.970. The van der Waals surface area contributed by atoms with Crippen LogP contribution in [0.2, 0.25) is 0 Å². The number of hydrogen-bond acceptors (Lipinski definition) is 3. The van der Waals surface area contributed by atoms with E-state index in [0.29, 0.717) is 12.1 Å². The van der Waals surface area contributed by atoms with Crippen molar-refractivity contribution < 1.29 is 4.39 Å². The molecule has 2 rings (SSSR count). The number of rotatable bonds is 6. The molecule has 0 heterocycles. The van der Waals surface area contributed by atoms with Crippen molar-refractivity contribution in [1.29, 1.82) is 0 Å². The first-order valence-electron chi connectivity index (χ1n) is 7.29. The van der Waals surface area contributed by atoms with E-state index < -0.39 is 0 Å². The van der Waals surface area contributed by atoms with Crippen molar-refractivity contribution in [2.45, 2.75) is 37.9 Å². The average Bonchev–Trinajstić information content (AvgIpc) is 2.32. The van der Waals surface area contributed by atoms with Crippen LogP contribution in [0, 0.1) is 5.82 Å². The summed E-state index contributed by atoms with van der Waals surface area (Å²) in [4.78, 5) is 4.62. The van der Waals surface area contributed by atoms with E-state index in [2.05, 4.69) is 30.9 Å². The van der Waals surface area contributed by atoms with Crippen LogP contribution in [0.15, 0.2) is 18.2 Å². The number of likely N-dealkylation sites (N-methyl/N-ethyl adjacent to an activating group) is 2. The number of halogens is 1. The van der Waals surface area contributed by atoms with Gasteiger partial charge in [0.05, 0.1) is 0 Å². The van der Waals surface area contributed by atoms with Crippen LogP contribution in [-0.2, 0) is 13.1 Å². The Morgan fingerprint density at radius 1 is 1.15 bits per heavy atom. The second kappa shape index (κ2) is 6.20. The maximum Gasteiger partial charge on any atom is 0.123 e. The molecular formula is C16H26FN3. The molecule has 1 saturated carbocycles. The minimum atomic E-state index is -0.192. The van der Waals surface area contributed by atoms with Crippen molar-refractivity contribution in [2.75, 3.05) is 27.7 Å². The molecule has 0 atom stereocenters. The summed E-state index contributed by atoms with van der Waals surface area (Å²) in [5.74, 6) is -0.192. The van der Waals surface area contributed by atoms with E-state index >= 15 is 0 Å². The van der Waals surface area contributed by atoms with Gasteiger partial charge in [-0.3, -0.25) is 0 Å². The standard InChI is InChI=1S/C16H26FN3/c1-19(2)16(5-4-6-16)12-20(3)11-14-7-13(10-18)8-15(17)9-14/h7-9H,4-6,10-12,18H2,1-3H3. The molecule has 0 spiro atoms. The zero-order valence-electron chi connectivity index (χ0n) is 12.8. The maximum atomic E-state index is 13.5. The molecule has 0 aliphatic heterocycles. The predicted molar refractivity (Wildman–Crippen MR) is 80.9 cm³/mol. The highest BCUT2D eigenvalue weighted by atomic mass is 19.1. The van der Waals surface area contributed by atoms with Gasteiger partial charge in [0.2, 0.25) is 0 Å². The monoisotopic (exact) mass is 279 g/mol. The lowest BCUT2D eigenvalue weighted by atomic mass is 9.75. The molecule has 112 valence electrons. The van der Waals surface area contributed by atoms with Crippen molar-refractivity contribution in [3.05, 3.63) is 35.1 Å². The summed E-state index contributed by atoms with van der Waals surface area (Å²) in [5.41, 5.74) is 7.77. The third-order valence-electron chi connectivity index (χ3n) is 4.50. The number of nitrogens with two attached hydrogens (primary N) is 1. The van der Waals surface area contributed by atoms with Crippen LogP contribution in [0.3, 0.4) is 0 Å². The fraction of sp³-hybridized carbons (Fsp3) is 0.625. The molecule has 0 amide bonds. The van der Waals surface area contributed by atoms with E-state index in [1.165, 1.54) is 25.3 Å². The van der Waals surface area contributed by atoms with E-state index in [9.17, 15) is 4.39 Å². The number of hydrogen-bond donors (Lipinski definition) is 1. The van der Waals surface area contributed by atoms with E-state index in [0.717, 1.165) is 24.2 Å². The molecule has 3 nitrogen and oxygen atoms in total. The molecule has 0 aromatic heterocycles. The highest BCUT2D eigenvalue weighted by Gasteiger charge is 2.39. The molecule has 1 aromatic rings. The second-order valence-corrected chi connectivity index (χ2v) is 6.32. The number of nitrogens with zero attached hydrogens (tertiary/aromatic N) is 2. The third kappa shape index (κ3) is 3.37. The lowest BCUT2D eigenvalue weighted by molar-refractivity contribution is 0.0259. The summed E-state index contributed by atoms with van der Waals surface area (Å²) in [7, 11) is 6.42. The molecule has 20 heavy (non-hydrogen) atoms. The Balaban J connectivity index is 2.01. The lowest BCUT2D eigenvalue weighted by Crippen LogP contribution is -2.56. The molecule has 4 heteroatoms. The first-order valence-corrected chi connectivity index (χ1v) is 7.29. The van der Waals surface area contributed by atoms with Crippen LogP contribution in [0.1, 0.15) is 30.4 Å². The second-order valence-electron chi connectivity index (χ2n) is 6.32. The summed E-state index contributed by atoms with van der Waals surface area (Å²) < 4.78 is 13.5. The number of benzene rings is 1. The fourth-order valence-electron chi connectivity index (χ4n) is 3.13. The molecular weight excluding hydrogens is 253 g/mol.